The van der Waals surface area contributed by atoms with E-state index in [2.05, 4.69) is 20.8 Å². The van der Waals surface area contributed by atoms with E-state index in [0.29, 0.717) is 12.1 Å². The van der Waals surface area contributed by atoms with Crippen LogP contribution in [0.1, 0.15) is 6.42 Å². The molecule has 1 N–H and O–H groups in total. The summed E-state index contributed by atoms with van der Waals surface area (Å²) in [5, 5.41) is 13.7. The molecule has 20 heavy (non-hydrogen) atoms. The second-order valence-corrected chi connectivity index (χ2v) is 6.89. The minimum absolute atomic E-state index is 0.0293. The lowest BCUT2D eigenvalue weighted by Gasteiger charge is -2.14. The minimum atomic E-state index is -3.00. The van der Waals surface area contributed by atoms with Gasteiger partial charge < -0.3 is 5.32 Å². The van der Waals surface area contributed by atoms with Gasteiger partial charge in [0.25, 0.3) is 0 Å². The first-order chi connectivity index (χ1) is 9.53. The Hall–Kier alpha value is -2.03. The van der Waals surface area contributed by atoms with Crippen LogP contribution in [-0.2, 0) is 9.84 Å². The quantitative estimate of drug-likeness (QED) is 0.882. The number of nitrogens with one attached hydrogen (secondary N) is 1. The van der Waals surface area contributed by atoms with Gasteiger partial charge in [0, 0.05) is 6.04 Å². The predicted molar refractivity (Wildman–Crippen MR) is 69.8 cm³/mol. The molecule has 1 fully saturated rings. The van der Waals surface area contributed by atoms with Crippen molar-refractivity contribution in [2.75, 3.05) is 16.8 Å². The molecule has 0 radical (unpaired) electrons. The lowest BCUT2D eigenvalue weighted by Crippen LogP contribution is -2.21. The maximum atomic E-state index is 13.8. The maximum Gasteiger partial charge on any atom is 0.152 e. The van der Waals surface area contributed by atoms with Crippen molar-refractivity contribution in [2.24, 2.45) is 0 Å². The van der Waals surface area contributed by atoms with Crippen LogP contribution in [0.3, 0.4) is 0 Å². The SMILES string of the molecule is O=S1(=O)CCC(Nc2cc(-n3cnnn3)ccc2F)C1. The van der Waals surface area contributed by atoms with E-state index in [1.807, 2.05) is 0 Å². The minimum Gasteiger partial charge on any atom is -0.379 e. The molecule has 0 amide bonds. The Labute approximate surface area is 114 Å². The van der Waals surface area contributed by atoms with E-state index in [-0.39, 0.29) is 23.2 Å². The molecule has 106 valence electrons. The van der Waals surface area contributed by atoms with Crippen LogP contribution >= 0.6 is 0 Å². The van der Waals surface area contributed by atoms with Crippen LogP contribution in [0, 0.1) is 5.82 Å². The van der Waals surface area contributed by atoms with Crippen LogP contribution in [0.5, 0.6) is 0 Å². The van der Waals surface area contributed by atoms with Crippen molar-refractivity contribution in [1.82, 2.24) is 20.2 Å². The molecule has 1 aliphatic heterocycles. The van der Waals surface area contributed by atoms with Gasteiger partial charge in [-0.2, -0.15) is 0 Å². The zero-order valence-corrected chi connectivity index (χ0v) is 11.2. The third-order valence-electron chi connectivity index (χ3n) is 3.16. The van der Waals surface area contributed by atoms with Gasteiger partial charge in [0.15, 0.2) is 9.84 Å². The molecule has 1 atom stereocenters. The lowest BCUT2D eigenvalue weighted by molar-refractivity contribution is 0.601. The molecule has 0 bridgehead atoms. The number of anilines is 1. The van der Waals surface area contributed by atoms with Crippen molar-refractivity contribution < 1.29 is 12.8 Å². The summed E-state index contributed by atoms with van der Waals surface area (Å²) in [6.07, 6.45) is 1.88. The summed E-state index contributed by atoms with van der Waals surface area (Å²) >= 11 is 0. The third-order valence-corrected chi connectivity index (χ3v) is 4.92. The maximum absolute atomic E-state index is 13.8. The Morgan fingerprint density at radius 3 is 2.90 bits per heavy atom. The van der Waals surface area contributed by atoms with Crippen LogP contribution in [0.15, 0.2) is 24.5 Å². The van der Waals surface area contributed by atoms with Crippen LogP contribution in [0.4, 0.5) is 10.1 Å². The normalized spacial score (nSPS) is 20.9. The molecule has 1 aromatic heterocycles. The second kappa shape index (κ2) is 4.82. The van der Waals surface area contributed by atoms with Crippen molar-refractivity contribution in [3.8, 4) is 5.69 Å². The van der Waals surface area contributed by atoms with E-state index in [9.17, 15) is 12.8 Å². The van der Waals surface area contributed by atoms with Crippen molar-refractivity contribution >= 4 is 15.5 Å². The van der Waals surface area contributed by atoms with Gasteiger partial charge in [-0.1, -0.05) is 0 Å². The smallest absolute Gasteiger partial charge is 0.152 e. The fourth-order valence-corrected chi connectivity index (χ4v) is 3.85. The summed E-state index contributed by atoms with van der Waals surface area (Å²) in [5.41, 5.74) is 0.847. The number of benzene rings is 1. The summed E-state index contributed by atoms with van der Waals surface area (Å²) in [7, 11) is -3.00. The molecule has 1 aromatic carbocycles. The van der Waals surface area contributed by atoms with Gasteiger partial charge in [0.05, 0.1) is 22.9 Å². The number of hydrogen-bond donors (Lipinski definition) is 1. The van der Waals surface area contributed by atoms with Crippen LogP contribution in [-0.4, -0.2) is 46.2 Å². The zero-order valence-electron chi connectivity index (χ0n) is 10.4. The highest BCUT2D eigenvalue weighted by Crippen LogP contribution is 2.22. The molecule has 2 aromatic rings. The monoisotopic (exact) mass is 297 g/mol. The van der Waals surface area contributed by atoms with Crippen molar-refractivity contribution in [3.63, 3.8) is 0 Å². The fourth-order valence-electron chi connectivity index (χ4n) is 2.17. The molecule has 3 rings (SSSR count). The van der Waals surface area contributed by atoms with Gasteiger partial charge in [-0.3, -0.25) is 0 Å². The Balaban J connectivity index is 1.84. The highest BCUT2D eigenvalue weighted by molar-refractivity contribution is 7.91. The number of rotatable bonds is 3. The first-order valence-corrected chi connectivity index (χ1v) is 7.85. The van der Waals surface area contributed by atoms with E-state index in [0.717, 1.165) is 0 Å². The summed E-state index contributed by atoms with van der Waals surface area (Å²) < 4.78 is 38.0. The van der Waals surface area contributed by atoms with Crippen molar-refractivity contribution in [3.05, 3.63) is 30.3 Å². The fraction of sp³-hybridized carbons (Fsp3) is 0.364. The van der Waals surface area contributed by atoms with E-state index in [4.69, 9.17) is 0 Å². The van der Waals surface area contributed by atoms with Gasteiger partial charge in [-0.15, -0.1) is 5.10 Å². The van der Waals surface area contributed by atoms with Crippen molar-refractivity contribution in [2.45, 2.75) is 12.5 Å². The first kappa shape index (κ1) is 13.0. The van der Waals surface area contributed by atoms with Gasteiger partial charge in [-0.05, 0) is 35.0 Å². The Kier molecular flexibility index (Phi) is 3.13. The number of sulfone groups is 1. The lowest BCUT2D eigenvalue weighted by atomic mass is 10.2. The van der Waals surface area contributed by atoms with E-state index in [1.165, 1.54) is 17.1 Å². The van der Waals surface area contributed by atoms with Gasteiger partial charge in [-0.25, -0.2) is 17.5 Å². The molecular formula is C11H12FN5O2S. The van der Waals surface area contributed by atoms with Gasteiger partial charge in [0.2, 0.25) is 0 Å². The number of aromatic nitrogens is 4. The molecule has 1 unspecified atom stereocenters. The number of nitrogens with zero attached hydrogens (tertiary/aromatic N) is 4. The third kappa shape index (κ3) is 2.62. The molecule has 0 aliphatic carbocycles. The Bertz CT molecular complexity index is 716. The molecule has 7 nitrogen and oxygen atoms in total. The predicted octanol–water partition coefficient (Wildman–Crippen LogP) is 0.400. The molecule has 0 saturated carbocycles. The summed E-state index contributed by atoms with van der Waals surface area (Å²) in [6, 6.07) is 4.13. The highest BCUT2D eigenvalue weighted by atomic mass is 32.2. The van der Waals surface area contributed by atoms with Crippen LogP contribution in [0.25, 0.3) is 5.69 Å². The van der Waals surface area contributed by atoms with Crippen LogP contribution in [0.2, 0.25) is 0 Å². The summed E-state index contributed by atoms with van der Waals surface area (Å²) in [5.74, 6) is -0.272. The largest absolute Gasteiger partial charge is 0.379 e. The zero-order chi connectivity index (χ0) is 14.2. The average Bonchev–Trinajstić information content (AvgIpc) is 3.02. The molecule has 9 heteroatoms. The van der Waals surface area contributed by atoms with Gasteiger partial charge in [0.1, 0.15) is 12.1 Å². The van der Waals surface area contributed by atoms with Gasteiger partial charge >= 0.3 is 0 Å². The highest BCUT2D eigenvalue weighted by Gasteiger charge is 2.28. The second-order valence-electron chi connectivity index (χ2n) is 4.66. The topological polar surface area (TPSA) is 89.8 Å². The van der Waals surface area contributed by atoms with E-state index >= 15 is 0 Å². The summed E-state index contributed by atoms with van der Waals surface area (Å²) in [6.45, 7) is 0. The molecule has 0 spiro atoms. The average molecular weight is 297 g/mol. The van der Waals surface area contributed by atoms with E-state index in [1.54, 1.807) is 12.1 Å². The number of hydrogen-bond acceptors (Lipinski definition) is 6. The first-order valence-electron chi connectivity index (χ1n) is 6.03. The molecule has 2 heterocycles. The Morgan fingerprint density at radius 1 is 1.40 bits per heavy atom. The molecular weight excluding hydrogens is 285 g/mol. The van der Waals surface area contributed by atoms with E-state index < -0.39 is 15.7 Å². The molecule has 1 aliphatic rings. The number of halogens is 1. The van der Waals surface area contributed by atoms with Crippen LogP contribution < -0.4 is 5.32 Å². The van der Waals surface area contributed by atoms with Crippen molar-refractivity contribution in [1.29, 1.82) is 0 Å². The molecule has 1 saturated heterocycles. The Morgan fingerprint density at radius 2 is 2.25 bits per heavy atom. The standard InChI is InChI=1S/C11H12FN5O2S/c12-10-2-1-9(17-7-13-15-16-17)5-11(10)14-8-3-4-20(18,19)6-8/h1-2,5,7-8,14H,3-4,6H2. The number of tetrazole rings is 1. The summed E-state index contributed by atoms with van der Waals surface area (Å²) in [4.78, 5) is 0.